The molecule has 6 aliphatic carbocycles. The molecule has 4 bridgehead atoms. The van der Waals surface area contributed by atoms with E-state index < -0.39 is 23.1 Å². The molecule has 9 nitrogen and oxygen atoms in total. The van der Waals surface area contributed by atoms with E-state index in [9.17, 15) is 9.59 Å². The van der Waals surface area contributed by atoms with E-state index in [0.29, 0.717) is 5.88 Å². The van der Waals surface area contributed by atoms with Crippen LogP contribution in [0, 0.1) is 35.5 Å². The predicted molar refractivity (Wildman–Crippen MR) is 121 cm³/mol. The maximum atomic E-state index is 13.1. The zero-order valence-electron chi connectivity index (χ0n) is 20.4. The third-order valence-electron chi connectivity index (χ3n) is 10.4. The van der Waals surface area contributed by atoms with Gasteiger partial charge in [-0.25, -0.2) is 9.59 Å². The van der Waals surface area contributed by atoms with E-state index in [4.69, 9.17) is 28.7 Å². The number of rotatable bonds is 4. The molecule has 186 valence electrons. The molecule has 36 heavy (non-hydrogen) atoms. The molecule has 7 aliphatic rings. The van der Waals surface area contributed by atoms with Crippen LogP contribution < -0.4 is 9.47 Å². The number of ether oxygens (including phenoxy) is 5. The molecule has 0 radical (unpaired) electrons. The summed E-state index contributed by atoms with van der Waals surface area (Å²) in [5.74, 6) is 0.435. The van der Waals surface area contributed by atoms with Gasteiger partial charge < -0.3 is 23.7 Å². The number of methoxy groups -OCH3 is 4. The van der Waals surface area contributed by atoms with Crippen molar-refractivity contribution in [2.24, 2.45) is 35.5 Å². The van der Waals surface area contributed by atoms with Crippen molar-refractivity contribution in [3.8, 4) is 11.9 Å². The summed E-state index contributed by atoms with van der Waals surface area (Å²) in [6.45, 7) is 0. The molecule has 0 unspecified atom stereocenters. The van der Waals surface area contributed by atoms with Crippen molar-refractivity contribution in [1.29, 1.82) is 0 Å². The molecular weight excluding hydrogens is 464 g/mol. The highest BCUT2D eigenvalue weighted by molar-refractivity contribution is 6.02. The van der Waals surface area contributed by atoms with Gasteiger partial charge in [-0.15, -0.1) is 0 Å². The van der Waals surface area contributed by atoms with Gasteiger partial charge in [0, 0.05) is 29.2 Å². The second-order valence-electron chi connectivity index (χ2n) is 10.9. The standard InChI is InChI=1S/C27H26N2O7/c1-32-22-18-14-10-7-5-6-8-11(10)17(21(18)28-25(29-22)35-4)16-13-9-12(15(14)16)19-20(13)27(24(31)34-3)26(19,36-27)23(30)33-2/h5-8,12-17,19-20H,9H2,1-4H3/t12-,13+,14+,15-,16-,17-,19-,20+,26-,27+/m0/s1. The smallest absolute Gasteiger partial charge is 0.342 e. The van der Waals surface area contributed by atoms with Crippen molar-refractivity contribution in [2.45, 2.75) is 29.5 Å². The molecule has 1 aliphatic heterocycles. The Hall–Kier alpha value is -3.20. The second-order valence-corrected chi connectivity index (χ2v) is 10.9. The Bertz CT molecular complexity index is 1380. The average Bonchev–Trinajstić information content (AvgIpc) is 3.15. The number of hydrogen-bond acceptors (Lipinski definition) is 9. The Morgan fingerprint density at radius 3 is 2.00 bits per heavy atom. The van der Waals surface area contributed by atoms with Gasteiger partial charge in [0.1, 0.15) is 0 Å². The molecular formula is C27H26N2O7. The molecule has 2 heterocycles. The van der Waals surface area contributed by atoms with Crippen molar-refractivity contribution in [2.75, 3.05) is 28.4 Å². The van der Waals surface area contributed by atoms with E-state index in [1.807, 2.05) is 0 Å². The second kappa shape index (κ2) is 6.37. The molecule has 10 atom stereocenters. The molecule has 0 N–H and O–H groups in total. The maximum absolute atomic E-state index is 13.1. The molecule has 0 spiro atoms. The minimum absolute atomic E-state index is 0.0227. The number of aromatic nitrogens is 2. The number of carbonyl (C=O) groups is 2. The molecule has 0 amide bonds. The van der Waals surface area contributed by atoms with Crippen LogP contribution in [0.2, 0.25) is 0 Å². The monoisotopic (exact) mass is 490 g/mol. The van der Waals surface area contributed by atoms with Gasteiger partial charge in [-0.05, 0) is 41.2 Å². The van der Waals surface area contributed by atoms with Gasteiger partial charge in [-0.3, -0.25) is 0 Å². The van der Waals surface area contributed by atoms with Gasteiger partial charge >= 0.3 is 17.9 Å². The summed E-state index contributed by atoms with van der Waals surface area (Å²) in [6.07, 6.45) is 0.938. The summed E-state index contributed by atoms with van der Waals surface area (Å²) >= 11 is 0. The van der Waals surface area contributed by atoms with Crippen molar-refractivity contribution >= 4 is 11.9 Å². The van der Waals surface area contributed by atoms with E-state index in [2.05, 4.69) is 29.2 Å². The lowest BCUT2D eigenvalue weighted by atomic mass is 9.42. The zero-order chi connectivity index (χ0) is 24.7. The van der Waals surface area contributed by atoms with E-state index in [1.54, 1.807) is 14.2 Å². The lowest BCUT2D eigenvalue weighted by Crippen LogP contribution is -2.68. The summed E-state index contributed by atoms with van der Waals surface area (Å²) < 4.78 is 27.8. The number of epoxide rings is 1. The van der Waals surface area contributed by atoms with Crippen LogP contribution in [-0.4, -0.2) is 61.5 Å². The van der Waals surface area contributed by atoms with E-state index in [1.165, 1.54) is 25.3 Å². The van der Waals surface area contributed by atoms with Crippen molar-refractivity contribution in [3.05, 3.63) is 46.6 Å². The highest BCUT2D eigenvalue weighted by atomic mass is 16.7. The molecule has 1 aromatic carbocycles. The van der Waals surface area contributed by atoms with E-state index in [0.717, 1.165) is 17.7 Å². The highest BCUT2D eigenvalue weighted by Gasteiger charge is 3.00. The summed E-state index contributed by atoms with van der Waals surface area (Å²) in [5.41, 5.74) is 2.05. The van der Waals surface area contributed by atoms with Crippen LogP contribution in [0.1, 0.15) is 40.6 Å². The molecule has 9 heteroatoms. The summed E-state index contributed by atoms with van der Waals surface area (Å²) in [6, 6.07) is 8.83. The number of carbonyl (C=O) groups excluding carboxylic acids is 2. The van der Waals surface area contributed by atoms with Gasteiger partial charge in [-0.2, -0.15) is 9.97 Å². The molecule has 2 aromatic rings. The van der Waals surface area contributed by atoms with Crippen LogP contribution >= 0.6 is 0 Å². The fourth-order valence-corrected chi connectivity index (χ4v) is 9.67. The minimum Gasteiger partial charge on any atom is -0.481 e. The van der Waals surface area contributed by atoms with Crippen LogP contribution in [0.4, 0.5) is 0 Å². The number of hydrogen-bond donors (Lipinski definition) is 0. The van der Waals surface area contributed by atoms with Crippen LogP contribution in [0.25, 0.3) is 0 Å². The van der Waals surface area contributed by atoms with Crippen LogP contribution in [-0.2, 0) is 23.8 Å². The first-order chi connectivity index (χ1) is 17.5. The van der Waals surface area contributed by atoms with Gasteiger partial charge in [0.25, 0.3) is 0 Å². The van der Waals surface area contributed by atoms with Gasteiger partial charge in [0.05, 0.1) is 34.1 Å². The normalized spacial score (nSPS) is 42.7. The number of esters is 2. The number of benzene rings is 1. The lowest BCUT2D eigenvalue weighted by Gasteiger charge is -2.58. The average molecular weight is 491 g/mol. The molecule has 1 saturated heterocycles. The molecule has 4 fully saturated rings. The number of nitrogens with zero attached hydrogens (tertiary/aromatic N) is 2. The topological polar surface area (TPSA) is 109 Å². The first kappa shape index (κ1) is 20.9. The van der Waals surface area contributed by atoms with Crippen molar-refractivity contribution < 1.29 is 33.3 Å². The Morgan fingerprint density at radius 1 is 0.861 bits per heavy atom. The SMILES string of the molecule is COC(=O)[C@]12O[C@@]1(C(=O)OC)[C@@H]1[C@@H]3C[C@@H]([C@H]4[C@H]5c6ccccc6[C@H](c6nc(OC)nc(OC)c65)[C@@H]34)[C@@H]12. The zero-order valence-corrected chi connectivity index (χ0v) is 20.4. The van der Waals surface area contributed by atoms with Gasteiger partial charge in [0.2, 0.25) is 17.1 Å². The Morgan fingerprint density at radius 2 is 1.44 bits per heavy atom. The fraction of sp³-hybridized carbons (Fsp3) is 0.556. The van der Waals surface area contributed by atoms with E-state index in [-0.39, 0.29) is 53.4 Å². The quantitative estimate of drug-likeness (QED) is 0.470. The van der Waals surface area contributed by atoms with Crippen LogP contribution in [0.3, 0.4) is 0 Å². The summed E-state index contributed by atoms with van der Waals surface area (Å²) in [7, 11) is 5.90. The van der Waals surface area contributed by atoms with Crippen molar-refractivity contribution in [1.82, 2.24) is 9.97 Å². The van der Waals surface area contributed by atoms with Gasteiger partial charge in [-0.1, -0.05) is 24.3 Å². The van der Waals surface area contributed by atoms with E-state index >= 15 is 0 Å². The largest absolute Gasteiger partial charge is 0.481 e. The molecule has 3 saturated carbocycles. The lowest BCUT2D eigenvalue weighted by molar-refractivity contribution is -0.168. The first-order valence-corrected chi connectivity index (χ1v) is 12.5. The summed E-state index contributed by atoms with van der Waals surface area (Å²) in [5, 5.41) is 0. The predicted octanol–water partition coefficient (Wildman–Crippen LogP) is 2.07. The fourth-order valence-electron chi connectivity index (χ4n) is 9.67. The molecule has 1 aromatic heterocycles. The minimum atomic E-state index is -1.23. The van der Waals surface area contributed by atoms with Crippen LogP contribution in [0.15, 0.2) is 24.3 Å². The Balaban J connectivity index is 1.34. The molecule has 9 rings (SSSR count). The Labute approximate surface area is 207 Å². The third kappa shape index (κ3) is 1.87. The third-order valence-corrected chi connectivity index (χ3v) is 10.4. The van der Waals surface area contributed by atoms with Gasteiger partial charge in [0.15, 0.2) is 0 Å². The highest BCUT2D eigenvalue weighted by Crippen LogP contribution is 2.86. The van der Waals surface area contributed by atoms with Crippen molar-refractivity contribution in [3.63, 3.8) is 0 Å². The maximum Gasteiger partial charge on any atom is 0.342 e. The Kier molecular flexibility index (Phi) is 3.71. The van der Waals surface area contributed by atoms with Crippen LogP contribution in [0.5, 0.6) is 11.9 Å². The first-order valence-electron chi connectivity index (χ1n) is 12.5. The number of fused-ring (bicyclic) bond motifs is 8. The summed E-state index contributed by atoms with van der Waals surface area (Å²) in [4.78, 5) is 35.6.